The first-order valence-electron chi connectivity index (χ1n) is 3.83. The molecule has 0 unspecified atom stereocenters. The molecule has 1 aromatic rings. The smallest absolute Gasteiger partial charge is 0.284 e. The molecule has 0 spiro atoms. The predicted molar refractivity (Wildman–Crippen MR) is 42.9 cm³/mol. The van der Waals surface area contributed by atoms with Crippen molar-refractivity contribution in [3.05, 3.63) is 27.0 Å². The molecule has 1 radical (unpaired) electrons. The van der Waals surface area contributed by atoms with E-state index in [1.165, 1.54) is 4.57 Å². The minimum absolute atomic E-state index is 0.506. The van der Waals surface area contributed by atoms with Crippen molar-refractivity contribution in [3.63, 3.8) is 0 Å². The zero-order valence-electron chi connectivity index (χ0n) is 6.83. The molecule has 0 aliphatic heterocycles. The van der Waals surface area contributed by atoms with Crippen LogP contribution in [0.2, 0.25) is 0 Å². The topological polar surface area (TPSA) is 67.8 Å². The molecule has 0 saturated carbocycles. The number of rotatable bonds is 3. The van der Waals surface area contributed by atoms with Gasteiger partial charge in [-0.3, -0.25) is 14.2 Å². The number of H-pyrrole nitrogens is 1. The number of hydrogen-bond donors (Lipinski definition) is 1. The van der Waals surface area contributed by atoms with Gasteiger partial charge in [0.25, 0.3) is 0 Å². The SMILES string of the molecule is CCCCn1[c]n[nH]c(=O)c1=O. The molecule has 5 nitrogen and oxygen atoms in total. The van der Waals surface area contributed by atoms with Crippen LogP contribution in [0.15, 0.2) is 9.59 Å². The fraction of sp³-hybridized carbons (Fsp3) is 0.571. The molecule has 0 aliphatic rings. The van der Waals surface area contributed by atoms with Gasteiger partial charge in [0.05, 0.1) is 0 Å². The standard InChI is InChI=1S/C7H10N3O2/c1-2-3-4-10-5-8-9-6(11)7(10)12/h2-4H2,1H3,(H,9,11). The number of nitrogens with zero attached hydrogens (tertiary/aromatic N) is 2. The second kappa shape index (κ2) is 3.85. The van der Waals surface area contributed by atoms with Crippen LogP contribution < -0.4 is 11.1 Å². The number of unbranched alkanes of at least 4 members (excludes halogenated alkanes) is 1. The number of hydrogen-bond acceptors (Lipinski definition) is 3. The van der Waals surface area contributed by atoms with E-state index >= 15 is 0 Å². The second-order valence-corrected chi connectivity index (χ2v) is 2.46. The Kier molecular flexibility index (Phi) is 2.79. The Morgan fingerprint density at radius 1 is 1.58 bits per heavy atom. The molecular formula is C7H10N3O2. The molecule has 1 aromatic heterocycles. The van der Waals surface area contributed by atoms with E-state index in [0.717, 1.165) is 12.8 Å². The zero-order valence-corrected chi connectivity index (χ0v) is 6.83. The van der Waals surface area contributed by atoms with E-state index in [1.807, 2.05) is 12.0 Å². The molecule has 1 N–H and O–H groups in total. The lowest BCUT2D eigenvalue weighted by atomic mass is 10.3. The van der Waals surface area contributed by atoms with Crippen molar-refractivity contribution >= 4 is 0 Å². The lowest BCUT2D eigenvalue weighted by molar-refractivity contribution is 0.580. The summed E-state index contributed by atoms with van der Waals surface area (Å²) in [7, 11) is 0. The van der Waals surface area contributed by atoms with Gasteiger partial charge in [-0.15, -0.1) is 0 Å². The Morgan fingerprint density at radius 2 is 2.33 bits per heavy atom. The van der Waals surface area contributed by atoms with E-state index in [0.29, 0.717) is 6.54 Å². The summed E-state index contributed by atoms with van der Waals surface area (Å²) in [6.45, 7) is 2.51. The van der Waals surface area contributed by atoms with E-state index < -0.39 is 11.1 Å². The average molecular weight is 168 g/mol. The molecule has 5 heteroatoms. The highest BCUT2D eigenvalue weighted by Crippen LogP contribution is 1.87. The molecule has 0 saturated heterocycles. The molecule has 0 bridgehead atoms. The van der Waals surface area contributed by atoms with Crippen molar-refractivity contribution in [2.75, 3.05) is 0 Å². The van der Waals surface area contributed by atoms with Gasteiger partial charge in [0.15, 0.2) is 0 Å². The average Bonchev–Trinajstić information content (AvgIpc) is 2.08. The molecule has 0 aromatic carbocycles. The number of aromatic nitrogens is 3. The summed E-state index contributed by atoms with van der Waals surface area (Å²) < 4.78 is 1.20. The molecule has 0 aliphatic carbocycles. The Balaban J connectivity index is 2.93. The van der Waals surface area contributed by atoms with Gasteiger partial charge in [0.2, 0.25) is 6.33 Å². The third kappa shape index (κ3) is 1.81. The van der Waals surface area contributed by atoms with E-state index in [9.17, 15) is 9.59 Å². The molecule has 0 amide bonds. The van der Waals surface area contributed by atoms with Crippen molar-refractivity contribution in [1.82, 2.24) is 14.8 Å². The molecule has 1 heterocycles. The van der Waals surface area contributed by atoms with Crippen LogP contribution in [0.3, 0.4) is 0 Å². The van der Waals surface area contributed by atoms with Crippen LogP contribution in [0.1, 0.15) is 19.8 Å². The maximum atomic E-state index is 11.0. The van der Waals surface area contributed by atoms with Crippen LogP contribution in [0, 0.1) is 6.33 Å². The third-order valence-corrected chi connectivity index (χ3v) is 1.50. The quantitative estimate of drug-likeness (QED) is 0.620. The summed E-state index contributed by atoms with van der Waals surface area (Å²) in [5.74, 6) is 0. The fourth-order valence-corrected chi connectivity index (χ4v) is 0.820. The Morgan fingerprint density at radius 3 is 3.00 bits per heavy atom. The first-order valence-corrected chi connectivity index (χ1v) is 3.83. The van der Waals surface area contributed by atoms with Gasteiger partial charge in [-0.25, -0.2) is 5.10 Å². The maximum Gasteiger partial charge on any atom is 0.330 e. The van der Waals surface area contributed by atoms with Crippen molar-refractivity contribution in [2.45, 2.75) is 26.3 Å². The minimum atomic E-state index is -0.690. The lowest BCUT2D eigenvalue weighted by Crippen LogP contribution is -2.36. The summed E-state index contributed by atoms with van der Waals surface area (Å²) in [4.78, 5) is 21.8. The third-order valence-electron chi connectivity index (χ3n) is 1.50. The van der Waals surface area contributed by atoms with Crippen molar-refractivity contribution < 1.29 is 0 Å². The van der Waals surface area contributed by atoms with Crippen LogP contribution in [0.25, 0.3) is 0 Å². The monoisotopic (exact) mass is 168 g/mol. The number of aryl methyl sites for hydroxylation is 1. The normalized spacial score (nSPS) is 10.1. The highest BCUT2D eigenvalue weighted by atomic mass is 16.2. The summed E-state index contributed by atoms with van der Waals surface area (Å²) >= 11 is 0. The molecule has 0 fully saturated rings. The summed E-state index contributed by atoms with van der Waals surface area (Å²) in [6, 6.07) is 0. The predicted octanol–water partition coefficient (Wildman–Crippen LogP) is -0.468. The van der Waals surface area contributed by atoms with Gasteiger partial charge >= 0.3 is 11.1 Å². The van der Waals surface area contributed by atoms with Crippen LogP contribution in [0.5, 0.6) is 0 Å². The van der Waals surface area contributed by atoms with Gasteiger partial charge in [0, 0.05) is 6.54 Å². The largest absolute Gasteiger partial charge is 0.330 e. The minimum Gasteiger partial charge on any atom is -0.284 e. The van der Waals surface area contributed by atoms with E-state index in [-0.39, 0.29) is 0 Å². The molecular weight excluding hydrogens is 158 g/mol. The zero-order chi connectivity index (χ0) is 8.97. The summed E-state index contributed by atoms with van der Waals surface area (Å²) in [6.07, 6.45) is 4.23. The van der Waals surface area contributed by atoms with Crippen molar-refractivity contribution in [1.29, 1.82) is 0 Å². The number of nitrogens with one attached hydrogen (secondary N) is 1. The first kappa shape index (κ1) is 8.70. The molecule has 0 atom stereocenters. The van der Waals surface area contributed by atoms with E-state index in [2.05, 4.69) is 11.4 Å². The van der Waals surface area contributed by atoms with Crippen molar-refractivity contribution in [3.8, 4) is 0 Å². The van der Waals surface area contributed by atoms with E-state index in [4.69, 9.17) is 0 Å². The summed E-state index contributed by atoms with van der Waals surface area (Å²) in [5.41, 5.74) is -1.27. The second-order valence-electron chi connectivity index (χ2n) is 2.46. The van der Waals surface area contributed by atoms with Crippen LogP contribution in [-0.4, -0.2) is 14.8 Å². The van der Waals surface area contributed by atoms with Gasteiger partial charge in [0.1, 0.15) is 0 Å². The Labute approximate surface area is 69.1 Å². The highest BCUT2D eigenvalue weighted by Gasteiger charge is 1.98. The van der Waals surface area contributed by atoms with Crippen molar-refractivity contribution in [2.24, 2.45) is 0 Å². The van der Waals surface area contributed by atoms with Gasteiger partial charge < -0.3 is 0 Å². The highest BCUT2D eigenvalue weighted by molar-refractivity contribution is 4.72. The summed E-state index contributed by atoms with van der Waals surface area (Å²) in [5, 5.41) is 5.42. The van der Waals surface area contributed by atoms with Crippen LogP contribution in [0.4, 0.5) is 0 Å². The number of aromatic amines is 1. The van der Waals surface area contributed by atoms with Gasteiger partial charge in [-0.05, 0) is 6.42 Å². The lowest BCUT2D eigenvalue weighted by Gasteiger charge is -1.98. The molecule has 1 rings (SSSR count). The van der Waals surface area contributed by atoms with Gasteiger partial charge in [-0.2, -0.15) is 5.10 Å². The maximum absolute atomic E-state index is 11.0. The fourth-order valence-electron chi connectivity index (χ4n) is 0.820. The first-order chi connectivity index (χ1) is 5.75. The Hall–Kier alpha value is -1.39. The van der Waals surface area contributed by atoms with Gasteiger partial charge in [-0.1, -0.05) is 13.3 Å². The molecule has 12 heavy (non-hydrogen) atoms. The van der Waals surface area contributed by atoms with E-state index in [1.54, 1.807) is 0 Å². The van der Waals surface area contributed by atoms with Crippen LogP contribution in [-0.2, 0) is 6.54 Å². The van der Waals surface area contributed by atoms with Crippen LogP contribution >= 0.6 is 0 Å². The molecule has 65 valence electrons. The Bertz CT molecular complexity index is 352.